The first-order valence-corrected chi connectivity index (χ1v) is 16.0. The molecule has 14 heteroatoms. The second kappa shape index (κ2) is 14.1. The van der Waals surface area contributed by atoms with Gasteiger partial charge in [-0.25, -0.2) is 4.98 Å². The van der Waals surface area contributed by atoms with E-state index in [0.29, 0.717) is 41.4 Å². The smallest absolute Gasteiger partial charge is 0.420 e. The zero-order valence-electron chi connectivity index (χ0n) is 26.1. The highest BCUT2D eigenvalue weighted by Crippen LogP contribution is 2.32. The van der Waals surface area contributed by atoms with E-state index in [0.717, 1.165) is 49.4 Å². The molecule has 0 saturated carbocycles. The van der Waals surface area contributed by atoms with Crippen LogP contribution in [0.4, 0.5) is 20.3 Å². The summed E-state index contributed by atoms with van der Waals surface area (Å²) in [4.78, 5) is 46.1. The van der Waals surface area contributed by atoms with Gasteiger partial charge >= 0.3 is 5.57 Å². The van der Waals surface area contributed by atoms with Crippen molar-refractivity contribution in [3.05, 3.63) is 89.7 Å². The molecule has 48 heavy (non-hydrogen) atoms. The first-order chi connectivity index (χ1) is 23.0. The molecule has 6 rings (SSSR count). The van der Waals surface area contributed by atoms with Crippen LogP contribution >= 0.6 is 11.6 Å². The lowest BCUT2D eigenvalue weighted by Gasteiger charge is -2.38. The van der Waals surface area contributed by atoms with E-state index >= 15 is 0 Å². The fourth-order valence-corrected chi connectivity index (χ4v) is 6.27. The second-order valence-corrected chi connectivity index (χ2v) is 12.4. The van der Waals surface area contributed by atoms with Gasteiger partial charge in [0, 0.05) is 67.3 Å². The molecule has 250 valence electrons. The summed E-state index contributed by atoms with van der Waals surface area (Å²) in [7, 11) is 2.11. The zero-order chi connectivity index (χ0) is 33.8. The van der Waals surface area contributed by atoms with Crippen molar-refractivity contribution in [1.82, 2.24) is 25.4 Å². The van der Waals surface area contributed by atoms with Gasteiger partial charge in [-0.2, -0.15) is 5.10 Å². The number of aromatic amines is 1. The van der Waals surface area contributed by atoms with Gasteiger partial charge in [-0.1, -0.05) is 24.3 Å². The fourth-order valence-electron chi connectivity index (χ4n) is 6.18. The lowest BCUT2D eigenvalue weighted by atomic mass is 9.90. The predicted octanol–water partition coefficient (Wildman–Crippen LogP) is 5.51. The number of imide groups is 1. The molecule has 4 aromatic rings. The van der Waals surface area contributed by atoms with Gasteiger partial charge < -0.3 is 15.0 Å². The van der Waals surface area contributed by atoms with Crippen molar-refractivity contribution in [3.63, 3.8) is 0 Å². The minimum absolute atomic E-state index is 0.143. The van der Waals surface area contributed by atoms with Crippen LogP contribution in [0.15, 0.2) is 73.1 Å². The molecule has 2 aromatic carbocycles. The van der Waals surface area contributed by atoms with E-state index in [2.05, 4.69) is 54.5 Å². The van der Waals surface area contributed by atoms with E-state index in [-0.39, 0.29) is 23.5 Å². The highest BCUT2D eigenvalue weighted by atomic mass is 35.5. The van der Waals surface area contributed by atoms with E-state index in [1.165, 1.54) is 30.5 Å². The maximum Gasteiger partial charge on any atom is 0.487 e. The molecule has 1 atom stereocenters. The molecule has 0 bridgehead atoms. The standard InChI is InChI=1S/C34H34ClF2N7O4/c1-43(20-21-2-4-22(5-3-21)27-10-11-30(45)41-33(27)47)25-13-16-44(17-14-25)31-28(29-12-15-39-42-29)18-23(19-38-31)32(46)40-24-6-8-26(9-7-24)48-34(35,36)37/h2-9,12,15,18-19,25,27H,10-11,13-14,16-17,20H2,1H3,(H,39,42)(H,40,46)(H,41,45,47). The summed E-state index contributed by atoms with van der Waals surface area (Å²) in [5, 5.41) is 12.3. The number of rotatable bonds is 10. The quantitative estimate of drug-likeness (QED) is 0.148. The normalized spacial score (nSPS) is 17.4. The van der Waals surface area contributed by atoms with Crippen molar-refractivity contribution in [2.75, 3.05) is 30.4 Å². The van der Waals surface area contributed by atoms with Crippen LogP contribution in [0.2, 0.25) is 0 Å². The van der Waals surface area contributed by atoms with Gasteiger partial charge in [0.2, 0.25) is 11.8 Å². The van der Waals surface area contributed by atoms with Crippen LogP contribution in [0.3, 0.4) is 0 Å². The number of H-pyrrole nitrogens is 1. The number of halogens is 3. The molecule has 11 nitrogen and oxygen atoms in total. The zero-order valence-corrected chi connectivity index (χ0v) is 26.8. The number of piperidine rings is 2. The molecule has 0 aliphatic carbocycles. The molecule has 3 amide bonds. The number of nitrogens with zero attached hydrogens (tertiary/aromatic N) is 4. The Hall–Kier alpha value is -4.88. The summed E-state index contributed by atoms with van der Waals surface area (Å²) in [6, 6.07) is 17.4. The Labute approximate surface area is 280 Å². The third kappa shape index (κ3) is 7.97. The van der Waals surface area contributed by atoms with Crippen LogP contribution in [0.25, 0.3) is 11.3 Å². The molecule has 3 N–H and O–H groups in total. The summed E-state index contributed by atoms with van der Waals surface area (Å²) < 4.78 is 30.1. The summed E-state index contributed by atoms with van der Waals surface area (Å²) in [6.07, 6.45) is 5.92. The maximum atomic E-state index is 13.1. The van der Waals surface area contributed by atoms with Gasteiger partial charge in [0.05, 0.1) is 17.2 Å². The van der Waals surface area contributed by atoms with Crippen LogP contribution in [0, 0.1) is 0 Å². The van der Waals surface area contributed by atoms with Crippen LogP contribution < -0.4 is 20.3 Å². The number of hydrogen-bond donors (Lipinski definition) is 3. The van der Waals surface area contributed by atoms with Crippen LogP contribution in [-0.4, -0.2) is 69.5 Å². The third-order valence-corrected chi connectivity index (χ3v) is 8.77. The van der Waals surface area contributed by atoms with Crippen molar-refractivity contribution in [2.45, 2.75) is 49.8 Å². The summed E-state index contributed by atoms with van der Waals surface area (Å²) >= 11 is 4.82. The van der Waals surface area contributed by atoms with E-state index in [9.17, 15) is 23.2 Å². The number of benzene rings is 2. The first-order valence-electron chi connectivity index (χ1n) is 15.6. The molecular formula is C34H34ClF2N7O4. The largest absolute Gasteiger partial charge is 0.487 e. The van der Waals surface area contributed by atoms with Crippen molar-refractivity contribution < 1.29 is 27.9 Å². The summed E-state index contributed by atoms with van der Waals surface area (Å²) in [5.41, 5.74) is 0.282. The third-order valence-electron chi connectivity index (χ3n) is 8.69. The molecular weight excluding hydrogens is 644 g/mol. The highest BCUT2D eigenvalue weighted by Gasteiger charge is 2.29. The van der Waals surface area contributed by atoms with Crippen molar-refractivity contribution in [2.24, 2.45) is 0 Å². The maximum absolute atomic E-state index is 13.1. The molecule has 2 saturated heterocycles. The number of alkyl halides is 3. The Balaban J connectivity index is 1.08. The molecule has 1 unspecified atom stereocenters. The lowest BCUT2D eigenvalue weighted by molar-refractivity contribution is -0.134. The van der Waals surface area contributed by atoms with Gasteiger partial charge in [-0.15, -0.1) is 8.78 Å². The number of carbonyl (C=O) groups excluding carboxylic acids is 3. The second-order valence-electron chi connectivity index (χ2n) is 12.0. The average Bonchev–Trinajstić information content (AvgIpc) is 3.61. The Bertz CT molecular complexity index is 1760. The van der Waals surface area contributed by atoms with Gasteiger partial charge in [0.25, 0.3) is 5.91 Å². The Morgan fingerprint density at radius 2 is 1.81 bits per heavy atom. The van der Waals surface area contributed by atoms with Gasteiger partial charge in [0.1, 0.15) is 11.6 Å². The molecule has 4 heterocycles. The number of nitrogens with one attached hydrogen (secondary N) is 3. The van der Waals surface area contributed by atoms with Crippen LogP contribution in [0.5, 0.6) is 5.75 Å². The van der Waals surface area contributed by atoms with Crippen LogP contribution in [-0.2, 0) is 16.1 Å². The first kappa shape index (κ1) is 33.0. The average molecular weight is 678 g/mol. The number of hydrogen-bond acceptors (Lipinski definition) is 8. The molecule has 0 radical (unpaired) electrons. The molecule has 2 fully saturated rings. The summed E-state index contributed by atoms with van der Waals surface area (Å²) in [6.45, 7) is 2.28. The number of anilines is 2. The van der Waals surface area contributed by atoms with Gasteiger partial charge in [-0.05, 0) is 73.8 Å². The van der Waals surface area contributed by atoms with Crippen LogP contribution in [0.1, 0.15) is 53.1 Å². The van der Waals surface area contributed by atoms with E-state index < -0.39 is 11.5 Å². The Morgan fingerprint density at radius 1 is 1.08 bits per heavy atom. The highest BCUT2D eigenvalue weighted by molar-refractivity contribution is 6.20. The monoisotopic (exact) mass is 677 g/mol. The molecule has 2 aliphatic heterocycles. The molecule has 2 aliphatic rings. The molecule has 0 spiro atoms. The lowest BCUT2D eigenvalue weighted by Crippen LogP contribution is -2.43. The van der Waals surface area contributed by atoms with E-state index in [4.69, 9.17) is 16.6 Å². The summed E-state index contributed by atoms with van der Waals surface area (Å²) in [5.74, 6) is -0.579. The molecule has 2 aromatic heterocycles. The van der Waals surface area contributed by atoms with Crippen molar-refractivity contribution in [3.8, 4) is 17.0 Å². The Morgan fingerprint density at radius 3 is 2.46 bits per heavy atom. The van der Waals surface area contributed by atoms with Crippen molar-refractivity contribution >= 4 is 40.8 Å². The fraction of sp³-hybridized carbons (Fsp3) is 0.324. The minimum Gasteiger partial charge on any atom is -0.420 e. The Kier molecular flexibility index (Phi) is 9.69. The SMILES string of the molecule is CN(Cc1ccc(C2CCC(=O)NC2=O)cc1)C1CCN(c2ncc(C(=O)Nc3ccc(OC(F)(F)Cl)cc3)cc2-c2cc[nH]n2)CC1. The number of aromatic nitrogens is 3. The van der Waals surface area contributed by atoms with Gasteiger partial charge in [-0.3, -0.25) is 29.7 Å². The number of amides is 3. The van der Waals surface area contributed by atoms with Crippen molar-refractivity contribution in [1.29, 1.82) is 0 Å². The van der Waals surface area contributed by atoms with E-state index in [1.807, 2.05) is 18.2 Å². The number of carbonyl (C=O) groups is 3. The minimum atomic E-state index is -3.83. The number of ether oxygens (including phenoxy) is 1. The van der Waals surface area contributed by atoms with Gasteiger partial charge in [0.15, 0.2) is 0 Å². The number of pyridine rings is 1. The topological polar surface area (TPSA) is 133 Å². The van der Waals surface area contributed by atoms with E-state index in [1.54, 1.807) is 12.3 Å². The predicted molar refractivity (Wildman–Crippen MR) is 176 cm³/mol.